The molecule has 0 unspecified atom stereocenters. The van der Waals surface area contributed by atoms with Crippen molar-refractivity contribution in [2.75, 3.05) is 5.32 Å². The average Bonchev–Trinajstić information content (AvgIpc) is 3.04. The summed E-state index contributed by atoms with van der Waals surface area (Å²) in [5.74, 6) is 0.489. The van der Waals surface area contributed by atoms with Gasteiger partial charge in [-0.15, -0.1) is 0 Å². The number of carbonyl (C=O) groups is 1. The molecule has 1 amide bonds. The first-order chi connectivity index (χ1) is 10.1. The molecule has 21 heavy (non-hydrogen) atoms. The quantitative estimate of drug-likeness (QED) is 0.829. The molecule has 2 heterocycles. The molecular weight excluding hydrogens is 280 g/mol. The van der Waals surface area contributed by atoms with Crippen molar-refractivity contribution >= 4 is 17.8 Å². The molecule has 0 atom stereocenters. The van der Waals surface area contributed by atoms with Crippen LogP contribution in [0.15, 0.2) is 30.7 Å². The maximum absolute atomic E-state index is 12.2. The Balaban J connectivity index is 1.94. The summed E-state index contributed by atoms with van der Waals surface area (Å²) in [5, 5.41) is 6.31. The van der Waals surface area contributed by atoms with Crippen LogP contribution in [-0.2, 0) is 17.9 Å². The lowest BCUT2D eigenvalue weighted by Gasteiger charge is -2.00. The van der Waals surface area contributed by atoms with E-state index in [1.807, 2.05) is 17.7 Å². The summed E-state index contributed by atoms with van der Waals surface area (Å²) in [7, 11) is 0. The van der Waals surface area contributed by atoms with E-state index < -0.39 is 18.9 Å². The number of halogens is 2. The number of amides is 1. The summed E-state index contributed by atoms with van der Waals surface area (Å²) in [6, 6.07) is 1.46. The zero-order chi connectivity index (χ0) is 15.2. The highest BCUT2D eigenvalue weighted by Crippen LogP contribution is 2.06. The molecule has 8 heteroatoms. The lowest BCUT2D eigenvalue weighted by molar-refractivity contribution is -0.111. The van der Waals surface area contributed by atoms with Crippen LogP contribution in [0.5, 0.6) is 0 Å². The number of hydrogen-bond acceptors (Lipinski definition) is 3. The first kappa shape index (κ1) is 14.9. The van der Waals surface area contributed by atoms with E-state index in [4.69, 9.17) is 0 Å². The summed E-state index contributed by atoms with van der Waals surface area (Å²) in [5.41, 5.74) is 0. The molecule has 0 aliphatic carbocycles. The average molecular weight is 295 g/mol. The van der Waals surface area contributed by atoms with Gasteiger partial charge in [-0.2, -0.15) is 5.10 Å². The maximum atomic E-state index is 12.2. The third kappa shape index (κ3) is 4.23. The number of carbonyl (C=O) groups excluding carboxylic acids is 1. The number of hydrogen-bond donors (Lipinski definition) is 1. The van der Waals surface area contributed by atoms with Crippen LogP contribution < -0.4 is 5.32 Å². The van der Waals surface area contributed by atoms with Gasteiger partial charge >= 0.3 is 0 Å². The van der Waals surface area contributed by atoms with E-state index in [2.05, 4.69) is 15.4 Å². The zero-order valence-corrected chi connectivity index (χ0v) is 11.4. The monoisotopic (exact) mass is 295 g/mol. The second-order valence-electron chi connectivity index (χ2n) is 4.21. The molecule has 2 rings (SSSR count). The van der Waals surface area contributed by atoms with Crippen LogP contribution in [-0.4, -0.2) is 31.7 Å². The SMILES string of the molecule is CCn1ccnc1/C=C/C(=O)Nc1ccn(CC(F)F)n1. The molecule has 0 aliphatic rings. The first-order valence-corrected chi connectivity index (χ1v) is 6.40. The summed E-state index contributed by atoms with van der Waals surface area (Å²) in [6.07, 6.45) is 5.25. The van der Waals surface area contributed by atoms with Crippen LogP contribution in [0.25, 0.3) is 6.08 Å². The number of alkyl halides is 2. The minimum atomic E-state index is -2.48. The standard InChI is InChI=1S/C13H15F2N5O/c1-2-19-8-6-16-12(19)3-4-13(21)17-11-5-7-20(18-11)9-10(14)15/h3-8,10H,2,9H2,1H3,(H,17,18,21)/b4-3+. The fourth-order valence-electron chi connectivity index (χ4n) is 1.74. The maximum Gasteiger partial charge on any atom is 0.257 e. The Kier molecular flexibility index (Phi) is 4.81. The zero-order valence-electron chi connectivity index (χ0n) is 11.4. The number of nitrogens with one attached hydrogen (secondary N) is 1. The summed E-state index contributed by atoms with van der Waals surface area (Å²) in [6.45, 7) is 2.22. The number of anilines is 1. The Morgan fingerprint density at radius 3 is 3.00 bits per heavy atom. The fraction of sp³-hybridized carbons (Fsp3) is 0.308. The van der Waals surface area contributed by atoms with Crippen LogP contribution in [0.4, 0.5) is 14.6 Å². The van der Waals surface area contributed by atoms with E-state index in [9.17, 15) is 13.6 Å². The highest BCUT2D eigenvalue weighted by Gasteiger charge is 2.07. The molecular formula is C13H15F2N5O. The van der Waals surface area contributed by atoms with Gasteiger partial charge in [0.25, 0.3) is 6.43 Å². The van der Waals surface area contributed by atoms with E-state index in [1.54, 1.807) is 12.3 Å². The Morgan fingerprint density at radius 1 is 1.48 bits per heavy atom. The number of nitrogens with zero attached hydrogens (tertiary/aromatic N) is 4. The molecule has 1 N–H and O–H groups in total. The highest BCUT2D eigenvalue weighted by atomic mass is 19.3. The van der Waals surface area contributed by atoms with Gasteiger partial charge in [0.1, 0.15) is 12.4 Å². The lowest BCUT2D eigenvalue weighted by atomic mass is 10.4. The predicted octanol–water partition coefficient (Wildman–Crippen LogP) is 2.02. The van der Waals surface area contributed by atoms with E-state index in [0.717, 1.165) is 11.2 Å². The molecule has 0 saturated carbocycles. The van der Waals surface area contributed by atoms with Gasteiger partial charge in [0.15, 0.2) is 5.82 Å². The van der Waals surface area contributed by atoms with Gasteiger partial charge < -0.3 is 9.88 Å². The Labute approximate surface area is 120 Å². The number of imidazole rings is 1. The molecule has 0 bridgehead atoms. The van der Waals surface area contributed by atoms with Gasteiger partial charge in [0.2, 0.25) is 5.91 Å². The van der Waals surface area contributed by atoms with E-state index >= 15 is 0 Å². The molecule has 2 aromatic heterocycles. The molecule has 0 aliphatic heterocycles. The summed E-state index contributed by atoms with van der Waals surface area (Å²) >= 11 is 0. The van der Waals surface area contributed by atoms with Gasteiger partial charge in [-0.3, -0.25) is 9.48 Å². The van der Waals surface area contributed by atoms with E-state index in [1.165, 1.54) is 18.3 Å². The van der Waals surface area contributed by atoms with Crippen molar-refractivity contribution in [3.63, 3.8) is 0 Å². The molecule has 0 fully saturated rings. The van der Waals surface area contributed by atoms with Crippen LogP contribution in [0, 0.1) is 0 Å². The first-order valence-electron chi connectivity index (χ1n) is 6.40. The Bertz CT molecular complexity index is 632. The molecule has 0 spiro atoms. The van der Waals surface area contributed by atoms with Crippen molar-refractivity contribution in [1.29, 1.82) is 0 Å². The Morgan fingerprint density at radius 2 is 2.29 bits per heavy atom. The molecule has 0 radical (unpaired) electrons. The second kappa shape index (κ2) is 6.78. The van der Waals surface area contributed by atoms with Crippen molar-refractivity contribution in [3.05, 3.63) is 36.6 Å². The van der Waals surface area contributed by atoms with Crippen LogP contribution in [0.3, 0.4) is 0 Å². The van der Waals surface area contributed by atoms with Gasteiger partial charge in [-0.05, 0) is 13.0 Å². The smallest absolute Gasteiger partial charge is 0.257 e. The number of aromatic nitrogens is 4. The molecule has 0 saturated heterocycles. The van der Waals surface area contributed by atoms with Crippen LogP contribution >= 0.6 is 0 Å². The van der Waals surface area contributed by atoms with Crippen molar-refractivity contribution in [3.8, 4) is 0 Å². The highest BCUT2D eigenvalue weighted by molar-refractivity contribution is 6.01. The molecule has 112 valence electrons. The van der Waals surface area contributed by atoms with Crippen molar-refractivity contribution in [2.24, 2.45) is 0 Å². The van der Waals surface area contributed by atoms with Crippen molar-refractivity contribution in [2.45, 2.75) is 26.4 Å². The molecule has 6 nitrogen and oxygen atoms in total. The topological polar surface area (TPSA) is 64.7 Å². The normalized spacial score (nSPS) is 11.4. The number of aryl methyl sites for hydroxylation is 1. The fourth-order valence-corrected chi connectivity index (χ4v) is 1.74. The lowest BCUT2D eigenvalue weighted by Crippen LogP contribution is -2.11. The van der Waals surface area contributed by atoms with Crippen molar-refractivity contribution in [1.82, 2.24) is 19.3 Å². The van der Waals surface area contributed by atoms with Gasteiger partial charge in [-0.1, -0.05) is 0 Å². The molecule has 0 aromatic carbocycles. The third-order valence-corrected chi connectivity index (χ3v) is 2.69. The van der Waals surface area contributed by atoms with E-state index in [-0.39, 0.29) is 5.82 Å². The predicted molar refractivity (Wildman–Crippen MR) is 73.8 cm³/mol. The second-order valence-corrected chi connectivity index (χ2v) is 4.21. The van der Waals surface area contributed by atoms with Gasteiger partial charge in [0, 0.05) is 37.3 Å². The summed E-state index contributed by atoms with van der Waals surface area (Å²) < 4.78 is 27.3. The van der Waals surface area contributed by atoms with E-state index in [0.29, 0.717) is 5.82 Å². The third-order valence-electron chi connectivity index (χ3n) is 2.69. The minimum Gasteiger partial charge on any atom is -0.332 e. The van der Waals surface area contributed by atoms with Crippen LogP contribution in [0.1, 0.15) is 12.7 Å². The summed E-state index contributed by atoms with van der Waals surface area (Å²) in [4.78, 5) is 15.8. The minimum absolute atomic E-state index is 0.226. The largest absolute Gasteiger partial charge is 0.332 e. The van der Waals surface area contributed by atoms with Gasteiger partial charge in [0.05, 0.1) is 0 Å². The van der Waals surface area contributed by atoms with Crippen molar-refractivity contribution < 1.29 is 13.6 Å². The molecule has 2 aromatic rings. The van der Waals surface area contributed by atoms with Gasteiger partial charge in [-0.25, -0.2) is 13.8 Å². The van der Waals surface area contributed by atoms with Crippen LogP contribution in [0.2, 0.25) is 0 Å². The Hall–Kier alpha value is -2.51. The number of rotatable bonds is 6.